The molecule has 1 aromatic carbocycles. The molecule has 0 fully saturated rings. The van der Waals surface area contributed by atoms with Gasteiger partial charge in [-0.25, -0.2) is 13.8 Å². The first kappa shape index (κ1) is 18.6. The number of fused-ring (bicyclic) bond motifs is 1. The number of ketones is 1. The molecule has 0 unspecified atom stereocenters. The number of hydrogen-bond acceptors (Lipinski definition) is 3. The fraction of sp³-hybridized carbons (Fsp3) is 0.263. The zero-order valence-corrected chi connectivity index (χ0v) is 14.6. The minimum absolute atomic E-state index is 0.0820. The third-order valence-electron chi connectivity index (χ3n) is 3.72. The van der Waals surface area contributed by atoms with Gasteiger partial charge in [0.15, 0.2) is 11.6 Å². The molecule has 3 rings (SSSR count). The Balaban J connectivity index is 0.00000109. The zero-order chi connectivity index (χ0) is 18.7. The van der Waals surface area contributed by atoms with E-state index < -0.39 is 23.2 Å². The molecule has 6 heteroatoms. The summed E-state index contributed by atoms with van der Waals surface area (Å²) in [6.45, 7) is 7.33. The van der Waals surface area contributed by atoms with Crippen LogP contribution in [0, 0.1) is 18.6 Å². The predicted molar refractivity (Wildman–Crippen MR) is 92.1 cm³/mol. The molecule has 132 valence electrons. The second-order valence-electron chi connectivity index (χ2n) is 5.29. The summed E-state index contributed by atoms with van der Waals surface area (Å²) in [4.78, 5) is 17.1. The second kappa shape index (κ2) is 7.42. The lowest BCUT2D eigenvalue weighted by Crippen LogP contribution is -2.09. The highest BCUT2D eigenvalue weighted by molar-refractivity contribution is 6.09. The van der Waals surface area contributed by atoms with E-state index in [0.29, 0.717) is 17.8 Å². The Morgan fingerprint density at radius 3 is 2.52 bits per heavy atom. The first-order chi connectivity index (χ1) is 11.9. The SMILES string of the molecule is CC.CCc1nc2ccc(F)cn2c1C(=O)c1cc(C)c(O)c(F)c1. The molecule has 1 N–H and O–H groups in total. The van der Waals surface area contributed by atoms with Crippen molar-refractivity contribution in [2.45, 2.75) is 34.1 Å². The van der Waals surface area contributed by atoms with Gasteiger partial charge in [0.25, 0.3) is 0 Å². The molecule has 0 bridgehead atoms. The van der Waals surface area contributed by atoms with Crippen molar-refractivity contribution in [1.29, 1.82) is 0 Å². The first-order valence-electron chi connectivity index (χ1n) is 8.12. The predicted octanol–water partition coefficient (Wildman–Crippen LogP) is 4.45. The van der Waals surface area contributed by atoms with Crippen molar-refractivity contribution in [1.82, 2.24) is 9.38 Å². The molecule has 0 aliphatic heterocycles. The zero-order valence-electron chi connectivity index (χ0n) is 14.6. The van der Waals surface area contributed by atoms with E-state index in [4.69, 9.17) is 0 Å². The highest BCUT2D eigenvalue weighted by atomic mass is 19.1. The van der Waals surface area contributed by atoms with Gasteiger partial charge < -0.3 is 5.11 Å². The summed E-state index contributed by atoms with van der Waals surface area (Å²) in [5.41, 5.74) is 1.49. The summed E-state index contributed by atoms with van der Waals surface area (Å²) < 4.78 is 28.6. The van der Waals surface area contributed by atoms with Gasteiger partial charge >= 0.3 is 0 Å². The summed E-state index contributed by atoms with van der Waals surface area (Å²) in [5, 5.41) is 9.50. The third kappa shape index (κ3) is 3.38. The van der Waals surface area contributed by atoms with Crippen LogP contribution in [-0.4, -0.2) is 20.3 Å². The van der Waals surface area contributed by atoms with E-state index in [2.05, 4.69) is 4.98 Å². The number of hydrogen-bond donors (Lipinski definition) is 1. The smallest absolute Gasteiger partial charge is 0.211 e. The van der Waals surface area contributed by atoms with Crippen molar-refractivity contribution >= 4 is 11.4 Å². The molecule has 4 nitrogen and oxygen atoms in total. The van der Waals surface area contributed by atoms with E-state index in [1.807, 2.05) is 20.8 Å². The maximum Gasteiger partial charge on any atom is 0.211 e. The molecular weight excluding hydrogens is 326 g/mol. The van der Waals surface area contributed by atoms with E-state index >= 15 is 0 Å². The van der Waals surface area contributed by atoms with Gasteiger partial charge in [-0.3, -0.25) is 9.20 Å². The van der Waals surface area contributed by atoms with E-state index in [1.54, 1.807) is 0 Å². The Bertz CT molecular complexity index is 910. The summed E-state index contributed by atoms with van der Waals surface area (Å²) in [7, 11) is 0. The van der Waals surface area contributed by atoms with E-state index in [-0.39, 0.29) is 16.8 Å². The second-order valence-corrected chi connectivity index (χ2v) is 5.29. The quantitative estimate of drug-likeness (QED) is 0.713. The molecule has 0 aliphatic rings. The Morgan fingerprint density at radius 1 is 1.24 bits per heavy atom. The number of rotatable bonds is 3. The van der Waals surface area contributed by atoms with Gasteiger partial charge in [0.1, 0.15) is 17.2 Å². The number of imidazole rings is 1. The number of pyridine rings is 1. The number of halogens is 2. The molecule has 2 heterocycles. The molecule has 0 aliphatic carbocycles. The molecule has 0 saturated heterocycles. The van der Waals surface area contributed by atoms with Crippen LogP contribution >= 0.6 is 0 Å². The molecule has 0 spiro atoms. The van der Waals surface area contributed by atoms with Crippen LogP contribution in [0.15, 0.2) is 30.5 Å². The highest BCUT2D eigenvalue weighted by Crippen LogP contribution is 2.25. The van der Waals surface area contributed by atoms with Crippen LogP contribution in [0.4, 0.5) is 8.78 Å². The molecule has 0 amide bonds. The van der Waals surface area contributed by atoms with Crippen LogP contribution in [0.3, 0.4) is 0 Å². The maximum absolute atomic E-state index is 13.7. The van der Waals surface area contributed by atoms with Crippen molar-refractivity contribution in [3.05, 3.63) is 64.6 Å². The van der Waals surface area contributed by atoms with E-state index in [1.165, 1.54) is 35.7 Å². The van der Waals surface area contributed by atoms with Gasteiger partial charge in [0.05, 0.1) is 5.69 Å². The van der Waals surface area contributed by atoms with Crippen LogP contribution in [-0.2, 0) is 6.42 Å². The van der Waals surface area contributed by atoms with E-state index in [9.17, 15) is 18.7 Å². The molecular formula is C19H20F2N2O2. The number of carbonyl (C=O) groups is 1. The van der Waals surface area contributed by atoms with Crippen molar-refractivity contribution < 1.29 is 18.7 Å². The van der Waals surface area contributed by atoms with Gasteiger partial charge in [-0.05, 0) is 43.2 Å². The average molecular weight is 346 g/mol. The number of nitrogens with zero attached hydrogens (tertiary/aromatic N) is 2. The summed E-state index contributed by atoms with van der Waals surface area (Å²) in [6, 6.07) is 5.12. The molecule has 25 heavy (non-hydrogen) atoms. The summed E-state index contributed by atoms with van der Waals surface area (Å²) in [6.07, 6.45) is 1.66. The largest absolute Gasteiger partial charge is 0.505 e. The van der Waals surface area contributed by atoms with Gasteiger partial charge in [-0.2, -0.15) is 0 Å². The lowest BCUT2D eigenvalue weighted by Gasteiger charge is -2.07. The fourth-order valence-corrected chi connectivity index (χ4v) is 2.56. The van der Waals surface area contributed by atoms with Crippen molar-refractivity contribution in [3.63, 3.8) is 0 Å². The van der Waals surface area contributed by atoms with Crippen molar-refractivity contribution in [2.24, 2.45) is 0 Å². The summed E-state index contributed by atoms with van der Waals surface area (Å²) in [5.74, 6) is -2.32. The summed E-state index contributed by atoms with van der Waals surface area (Å²) >= 11 is 0. The lowest BCUT2D eigenvalue weighted by atomic mass is 10.0. The monoisotopic (exact) mass is 346 g/mol. The van der Waals surface area contributed by atoms with Crippen LogP contribution in [0.2, 0.25) is 0 Å². The number of aromatic hydroxyl groups is 1. The van der Waals surface area contributed by atoms with Crippen LogP contribution in [0.1, 0.15) is 48.1 Å². The minimum atomic E-state index is -0.869. The van der Waals surface area contributed by atoms with Crippen molar-refractivity contribution in [2.75, 3.05) is 0 Å². The number of phenolic OH excluding ortho intramolecular Hbond substituents is 1. The van der Waals surface area contributed by atoms with Crippen molar-refractivity contribution in [3.8, 4) is 5.75 Å². The minimum Gasteiger partial charge on any atom is -0.505 e. The topological polar surface area (TPSA) is 54.6 Å². The Hall–Kier alpha value is -2.76. The number of phenols is 1. The first-order valence-corrected chi connectivity index (χ1v) is 8.12. The number of aryl methyl sites for hydroxylation is 2. The fourth-order valence-electron chi connectivity index (χ4n) is 2.56. The molecule has 3 aromatic rings. The Kier molecular flexibility index (Phi) is 5.51. The molecule has 0 saturated carbocycles. The third-order valence-corrected chi connectivity index (χ3v) is 3.72. The number of carbonyl (C=O) groups excluding carboxylic acids is 1. The van der Waals surface area contributed by atoms with Gasteiger partial charge in [-0.15, -0.1) is 0 Å². The maximum atomic E-state index is 13.7. The van der Waals surface area contributed by atoms with Gasteiger partial charge in [-0.1, -0.05) is 20.8 Å². The Morgan fingerprint density at radius 2 is 1.92 bits per heavy atom. The van der Waals surface area contributed by atoms with Gasteiger partial charge in [0, 0.05) is 11.8 Å². The normalized spacial score (nSPS) is 10.5. The van der Waals surface area contributed by atoms with Crippen LogP contribution < -0.4 is 0 Å². The van der Waals surface area contributed by atoms with E-state index in [0.717, 1.165) is 6.07 Å². The molecule has 2 aromatic heterocycles. The lowest BCUT2D eigenvalue weighted by molar-refractivity contribution is 0.103. The van der Waals surface area contributed by atoms with Crippen LogP contribution in [0.5, 0.6) is 5.75 Å². The number of benzene rings is 1. The highest BCUT2D eigenvalue weighted by Gasteiger charge is 2.22. The molecule has 0 atom stereocenters. The Labute approximate surface area is 144 Å². The van der Waals surface area contributed by atoms with Crippen LogP contribution in [0.25, 0.3) is 5.65 Å². The molecule has 0 radical (unpaired) electrons. The standard InChI is InChI=1S/C17H14F2N2O2.C2H6/c1-3-13-15(21-8-11(18)4-5-14(21)20-13)17(23)10-6-9(2)16(22)12(19)7-10;1-2/h4-8,22H,3H2,1-2H3;1-2H3. The average Bonchev–Trinajstić information content (AvgIpc) is 2.97. The van der Waals surface area contributed by atoms with Gasteiger partial charge in [0.2, 0.25) is 5.78 Å². The number of aromatic nitrogens is 2.